The Morgan fingerprint density at radius 2 is 1.75 bits per heavy atom. The molecule has 2 aromatic rings. The molecule has 0 amide bonds. The number of benzene rings is 2. The summed E-state index contributed by atoms with van der Waals surface area (Å²) in [7, 11) is 0. The fourth-order valence-electron chi connectivity index (χ4n) is 1.50. The maximum atomic E-state index is 12.0. The summed E-state index contributed by atoms with van der Waals surface area (Å²) in [4.78, 5) is 12.7. The average Bonchev–Trinajstić information content (AvgIpc) is 2.42. The van der Waals surface area contributed by atoms with E-state index in [4.69, 9.17) is 23.2 Å². The van der Waals surface area contributed by atoms with Crippen molar-refractivity contribution < 1.29 is 4.79 Å². The standard InChI is InChI=1S/C15H9BrCl2OS/c16-11-4-1-3-10(9-11)14(19)7-8-20-15-12(17)5-2-6-13(15)18/h1-9H/b8-7+. The molecule has 5 heteroatoms. The van der Waals surface area contributed by atoms with Crippen LogP contribution in [0, 0.1) is 0 Å². The Morgan fingerprint density at radius 3 is 2.40 bits per heavy atom. The van der Waals surface area contributed by atoms with E-state index in [-0.39, 0.29) is 5.78 Å². The third-order valence-electron chi connectivity index (χ3n) is 2.43. The predicted octanol–water partition coefficient (Wildman–Crippen LogP) is 6.24. The van der Waals surface area contributed by atoms with Crippen molar-refractivity contribution in [1.29, 1.82) is 0 Å². The summed E-state index contributed by atoms with van der Waals surface area (Å²) in [5.74, 6) is -0.0676. The Balaban J connectivity index is 2.09. The molecule has 102 valence electrons. The lowest BCUT2D eigenvalue weighted by molar-refractivity contribution is 0.104. The van der Waals surface area contributed by atoms with Crippen molar-refractivity contribution in [2.24, 2.45) is 0 Å². The molecule has 0 aliphatic carbocycles. The molecule has 0 aliphatic heterocycles. The van der Waals surface area contributed by atoms with Gasteiger partial charge in [-0.05, 0) is 35.7 Å². The SMILES string of the molecule is O=C(/C=C/Sc1c(Cl)cccc1Cl)c1cccc(Br)c1. The molecular formula is C15H9BrCl2OS. The molecule has 0 bridgehead atoms. The van der Waals surface area contributed by atoms with Crippen LogP contribution >= 0.6 is 50.9 Å². The van der Waals surface area contributed by atoms with Crippen LogP contribution in [0.5, 0.6) is 0 Å². The lowest BCUT2D eigenvalue weighted by Crippen LogP contribution is -1.92. The third kappa shape index (κ3) is 4.13. The van der Waals surface area contributed by atoms with Crippen LogP contribution in [0.4, 0.5) is 0 Å². The van der Waals surface area contributed by atoms with Gasteiger partial charge in [-0.25, -0.2) is 0 Å². The summed E-state index contributed by atoms with van der Waals surface area (Å²) < 4.78 is 0.874. The minimum Gasteiger partial charge on any atom is -0.289 e. The molecule has 0 N–H and O–H groups in total. The van der Waals surface area contributed by atoms with Crippen LogP contribution in [0.2, 0.25) is 10.0 Å². The van der Waals surface area contributed by atoms with Gasteiger partial charge in [0, 0.05) is 14.9 Å². The zero-order chi connectivity index (χ0) is 14.5. The number of hydrogen-bond donors (Lipinski definition) is 0. The van der Waals surface area contributed by atoms with Crippen molar-refractivity contribution in [2.75, 3.05) is 0 Å². The first-order valence-corrected chi connectivity index (χ1v) is 8.08. The first-order chi connectivity index (χ1) is 9.58. The smallest absolute Gasteiger partial charge is 0.186 e. The number of carbonyl (C=O) groups is 1. The molecule has 0 fully saturated rings. The fourth-order valence-corrected chi connectivity index (χ4v) is 3.25. The predicted molar refractivity (Wildman–Crippen MR) is 89.9 cm³/mol. The van der Waals surface area contributed by atoms with Gasteiger partial charge in [0.15, 0.2) is 5.78 Å². The Labute approximate surface area is 140 Å². The topological polar surface area (TPSA) is 17.1 Å². The van der Waals surface area contributed by atoms with Gasteiger partial charge in [-0.3, -0.25) is 4.79 Å². The third-order valence-corrected chi connectivity index (χ3v) is 4.73. The van der Waals surface area contributed by atoms with E-state index in [2.05, 4.69) is 15.9 Å². The summed E-state index contributed by atoms with van der Waals surface area (Å²) in [6.45, 7) is 0. The second-order valence-electron chi connectivity index (χ2n) is 3.85. The molecule has 2 aromatic carbocycles. The van der Waals surface area contributed by atoms with Crippen LogP contribution in [0.15, 0.2) is 63.3 Å². The van der Waals surface area contributed by atoms with Gasteiger partial charge in [0.05, 0.1) is 10.0 Å². The largest absolute Gasteiger partial charge is 0.289 e. The van der Waals surface area contributed by atoms with E-state index in [1.54, 1.807) is 35.7 Å². The van der Waals surface area contributed by atoms with Gasteiger partial charge >= 0.3 is 0 Å². The highest BCUT2D eigenvalue weighted by molar-refractivity contribution is 9.10. The van der Waals surface area contributed by atoms with Gasteiger partial charge in [0.1, 0.15) is 0 Å². The van der Waals surface area contributed by atoms with Crippen LogP contribution in [0.25, 0.3) is 0 Å². The fraction of sp³-hybridized carbons (Fsp3) is 0. The second kappa shape index (κ2) is 7.32. The first kappa shape index (κ1) is 15.6. The summed E-state index contributed by atoms with van der Waals surface area (Å²) >= 11 is 16.8. The van der Waals surface area contributed by atoms with Gasteiger partial charge in [0.25, 0.3) is 0 Å². The molecule has 20 heavy (non-hydrogen) atoms. The Kier molecular flexibility index (Phi) is 5.73. The minimum absolute atomic E-state index is 0.0676. The lowest BCUT2D eigenvalue weighted by atomic mass is 10.1. The quantitative estimate of drug-likeness (QED) is 0.350. The highest BCUT2D eigenvalue weighted by Crippen LogP contribution is 2.34. The van der Waals surface area contributed by atoms with E-state index in [0.717, 1.165) is 9.37 Å². The van der Waals surface area contributed by atoms with Gasteiger partial charge < -0.3 is 0 Å². The molecule has 0 radical (unpaired) electrons. The zero-order valence-electron chi connectivity index (χ0n) is 10.1. The Bertz CT molecular complexity index is 650. The van der Waals surface area contributed by atoms with Crippen LogP contribution in [-0.2, 0) is 0 Å². The zero-order valence-corrected chi connectivity index (χ0v) is 14.1. The number of thioether (sulfide) groups is 1. The van der Waals surface area contributed by atoms with Gasteiger partial charge in [-0.2, -0.15) is 0 Å². The first-order valence-electron chi connectivity index (χ1n) is 5.65. The highest BCUT2D eigenvalue weighted by Gasteiger charge is 2.05. The minimum atomic E-state index is -0.0676. The number of ketones is 1. The van der Waals surface area contributed by atoms with E-state index in [1.807, 2.05) is 12.1 Å². The molecule has 0 aliphatic rings. The van der Waals surface area contributed by atoms with E-state index in [0.29, 0.717) is 15.6 Å². The van der Waals surface area contributed by atoms with Crippen LogP contribution < -0.4 is 0 Å². The molecule has 0 aromatic heterocycles. The summed E-state index contributed by atoms with van der Waals surface area (Å²) in [6.07, 6.45) is 1.51. The summed E-state index contributed by atoms with van der Waals surface area (Å²) in [5.41, 5.74) is 0.626. The van der Waals surface area contributed by atoms with Crippen molar-refractivity contribution in [3.63, 3.8) is 0 Å². The maximum Gasteiger partial charge on any atom is 0.186 e. The second-order valence-corrected chi connectivity index (χ2v) is 6.49. The number of halogens is 3. The molecule has 0 saturated carbocycles. The van der Waals surface area contributed by atoms with Crippen molar-refractivity contribution in [3.05, 3.63) is 74.0 Å². The molecule has 0 unspecified atom stereocenters. The van der Waals surface area contributed by atoms with E-state index >= 15 is 0 Å². The molecule has 0 atom stereocenters. The molecule has 0 spiro atoms. The van der Waals surface area contributed by atoms with Crippen molar-refractivity contribution >= 4 is 56.7 Å². The monoisotopic (exact) mass is 386 g/mol. The maximum absolute atomic E-state index is 12.0. The molecule has 1 nitrogen and oxygen atoms in total. The number of allylic oxidation sites excluding steroid dienone is 1. The highest BCUT2D eigenvalue weighted by atomic mass is 79.9. The molecular weight excluding hydrogens is 379 g/mol. The normalized spacial score (nSPS) is 10.9. The molecule has 0 saturated heterocycles. The van der Waals surface area contributed by atoms with Crippen LogP contribution in [0.1, 0.15) is 10.4 Å². The summed E-state index contributed by atoms with van der Waals surface area (Å²) in [6, 6.07) is 12.6. The van der Waals surface area contributed by atoms with Crippen molar-refractivity contribution in [1.82, 2.24) is 0 Å². The molecule has 0 heterocycles. The average molecular weight is 388 g/mol. The van der Waals surface area contributed by atoms with Crippen LogP contribution in [0.3, 0.4) is 0 Å². The number of hydrogen-bond acceptors (Lipinski definition) is 2. The summed E-state index contributed by atoms with van der Waals surface area (Å²) in [5, 5.41) is 2.83. The van der Waals surface area contributed by atoms with Crippen LogP contribution in [-0.4, -0.2) is 5.78 Å². The number of rotatable bonds is 4. The Hall–Kier alpha value is -0.740. The lowest BCUT2D eigenvalue weighted by Gasteiger charge is -2.02. The van der Waals surface area contributed by atoms with Crippen molar-refractivity contribution in [2.45, 2.75) is 4.90 Å². The molecule has 2 rings (SSSR count). The van der Waals surface area contributed by atoms with E-state index < -0.39 is 0 Å². The van der Waals surface area contributed by atoms with E-state index in [9.17, 15) is 4.79 Å². The van der Waals surface area contributed by atoms with E-state index in [1.165, 1.54) is 17.8 Å². The van der Waals surface area contributed by atoms with Gasteiger partial charge in [-0.15, -0.1) is 0 Å². The number of carbonyl (C=O) groups excluding carboxylic acids is 1. The van der Waals surface area contributed by atoms with Gasteiger partial charge in [0.2, 0.25) is 0 Å². The Morgan fingerprint density at radius 1 is 1.10 bits per heavy atom. The van der Waals surface area contributed by atoms with Gasteiger partial charge in [-0.1, -0.05) is 69.1 Å². The van der Waals surface area contributed by atoms with Crippen molar-refractivity contribution in [3.8, 4) is 0 Å².